The van der Waals surface area contributed by atoms with Gasteiger partial charge in [-0.1, -0.05) is 35.0 Å². The van der Waals surface area contributed by atoms with E-state index in [1.807, 2.05) is 13.0 Å². The van der Waals surface area contributed by atoms with Crippen LogP contribution < -0.4 is 5.32 Å². The van der Waals surface area contributed by atoms with Gasteiger partial charge in [0.2, 0.25) is 5.78 Å². The lowest BCUT2D eigenvalue weighted by Gasteiger charge is -2.12. The fourth-order valence-electron chi connectivity index (χ4n) is 3.18. The first-order valence-electron chi connectivity index (χ1n) is 9.67. The molecular weight excluding hydrogens is 435 g/mol. The molecule has 0 unspecified atom stereocenters. The second kappa shape index (κ2) is 8.12. The van der Waals surface area contributed by atoms with Gasteiger partial charge >= 0.3 is 0 Å². The Morgan fingerprint density at radius 3 is 2.56 bits per heavy atom. The van der Waals surface area contributed by atoms with Crippen LogP contribution in [0, 0.1) is 12.7 Å². The zero-order chi connectivity index (χ0) is 23.0. The molecule has 0 radical (unpaired) electrons. The van der Waals surface area contributed by atoms with E-state index in [4.69, 9.17) is 16.4 Å². The van der Waals surface area contributed by atoms with Gasteiger partial charge in [0.05, 0.1) is 28.7 Å². The molecular formula is C23H18ClFN4O3. The average Bonchev–Trinajstić information content (AvgIpc) is 3.02. The van der Waals surface area contributed by atoms with E-state index in [2.05, 4.69) is 20.4 Å². The zero-order valence-corrected chi connectivity index (χ0v) is 18.2. The standard InChI is InChI=1S/C23H18ClFN4O3/c1-12-7-8-13(20-21(30)23(2,3)32-29-20)9-14(12)17-10-27-18(11-26-17)28-22(31)19-15(24)5-4-6-16(19)25/h4-11H,1-3H3,(H,27,28,31). The molecule has 1 aliphatic heterocycles. The molecule has 9 heteroatoms. The molecule has 1 amide bonds. The first-order valence-corrected chi connectivity index (χ1v) is 10.0. The number of rotatable bonds is 4. The van der Waals surface area contributed by atoms with E-state index in [-0.39, 0.29) is 27.9 Å². The number of halogens is 2. The van der Waals surface area contributed by atoms with Crippen LogP contribution in [0.2, 0.25) is 5.02 Å². The summed E-state index contributed by atoms with van der Waals surface area (Å²) in [6.45, 7) is 5.22. The number of benzene rings is 2. The Balaban J connectivity index is 1.58. The number of hydrogen-bond acceptors (Lipinski definition) is 6. The minimum Gasteiger partial charge on any atom is -0.381 e. The molecule has 0 atom stereocenters. The molecule has 3 aromatic rings. The third-order valence-corrected chi connectivity index (χ3v) is 5.31. The minimum atomic E-state index is -0.999. The van der Waals surface area contributed by atoms with Crippen molar-refractivity contribution >= 4 is 34.8 Å². The summed E-state index contributed by atoms with van der Waals surface area (Å²) >= 11 is 5.93. The Hall–Kier alpha value is -3.65. The van der Waals surface area contributed by atoms with E-state index in [0.29, 0.717) is 11.3 Å². The Bertz CT molecular complexity index is 1250. The molecule has 162 valence electrons. The Morgan fingerprint density at radius 2 is 1.94 bits per heavy atom. The summed E-state index contributed by atoms with van der Waals surface area (Å²) in [5, 5.41) is 6.42. The number of ketones is 1. The monoisotopic (exact) mass is 452 g/mol. The second-order valence-corrected chi connectivity index (χ2v) is 8.15. The van der Waals surface area contributed by atoms with Gasteiger partial charge in [-0.3, -0.25) is 14.6 Å². The van der Waals surface area contributed by atoms with Crippen molar-refractivity contribution in [3.63, 3.8) is 0 Å². The SMILES string of the molecule is Cc1ccc(C2=NOC(C)(C)C2=O)cc1-c1cnc(NC(=O)c2c(F)cccc2Cl)cn1. The molecule has 1 aromatic heterocycles. The maximum atomic E-state index is 14.0. The third-order valence-electron chi connectivity index (χ3n) is 5.00. The van der Waals surface area contributed by atoms with E-state index in [1.54, 1.807) is 26.0 Å². The van der Waals surface area contributed by atoms with Crippen LogP contribution in [0.15, 0.2) is 53.9 Å². The molecule has 7 nitrogen and oxygen atoms in total. The van der Waals surface area contributed by atoms with Crippen LogP contribution in [0.1, 0.15) is 35.3 Å². The van der Waals surface area contributed by atoms with Gasteiger partial charge in [-0.15, -0.1) is 0 Å². The molecule has 0 saturated heterocycles. The molecule has 0 bridgehead atoms. The summed E-state index contributed by atoms with van der Waals surface area (Å²) in [6.07, 6.45) is 2.84. The maximum Gasteiger partial charge on any atom is 0.261 e. The Morgan fingerprint density at radius 1 is 1.16 bits per heavy atom. The molecule has 32 heavy (non-hydrogen) atoms. The molecule has 2 heterocycles. The molecule has 0 fully saturated rings. The van der Waals surface area contributed by atoms with Crippen molar-refractivity contribution in [1.29, 1.82) is 0 Å². The highest BCUT2D eigenvalue weighted by Gasteiger charge is 2.40. The number of carbonyl (C=O) groups is 2. The van der Waals surface area contributed by atoms with Crippen LogP contribution in [-0.2, 0) is 9.63 Å². The van der Waals surface area contributed by atoms with Crippen molar-refractivity contribution < 1.29 is 18.8 Å². The largest absolute Gasteiger partial charge is 0.381 e. The van der Waals surface area contributed by atoms with Crippen LogP contribution in [-0.4, -0.2) is 33.0 Å². The number of nitrogens with zero attached hydrogens (tertiary/aromatic N) is 3. The van der Waals surface area contributed by atoms with Gasteiger partial charge in [0.15, 0.2) is 17.1 Å². The van der Waals surface area contributed by atoms with Crippen molar-refractivity contribution in [3.8, 4) is 11.3 Å². The fraction of sp³-hybridized carbons (Fsp3) is 0.174. The van der Waals surface area contributed by atoms with Crippen molar-refractivity contribution in [1.82, 2.24) is 9.97 Å². The number of hydrogen-bond donors (Lipinski definition) is 1. The number of Topliss-reactive ketones (excluding diaryl/α,β-unsaturated/α-hetero) is 1. The van der Waals surface area contributed by atoms with Gasteiger partial charge in [0, 0.05) is 11.1 Å². The predicted molar refractivity (Wildman–Crippen MR) is 118 cm³/mol. The maximum absolute atomic E-state index is 14.0. The number of amides is 1. The fourth-order valence-corrected chi connectivity index (χ4v) is 3.43. The van der Waals surface area contributed by atoms with Crippen molar-refractivity contribution in [2.24, 2.45) is 5.16 Å². The third kappa shape index (κ3) is 3.97. The van der Waals surface area contributed by atoms with Gasteiger partial charge in [-0.2, -0.15) is 0 Å². The lowest BCUT2D eigenvalue weighted by Crippen LogP contribution is -2.33. The van der Waals surface area contributed by atoms with Gasteiger partial charge < -0.3 is 10.2 Å². The average molecular weight is 453 g/mol. The van der Waals surface area contributed by atoms with E-state index in [1.165, 1.54) is 24.5 Å². The van der Waals surface area contributed by atoms with Gasteiger partial charge in [0.25, 0.3) is 5.91 Å². The quantitative estimate of drug-likeness (QED) is 0.625. The van der Waals surface area contributed by atoms with Gasteiger partial charge in [-0.25, -0.2) is 9.37 Å². The number of nitrogens with one attached hydrogen (secondary N) is 1. The van der Waals surface area contributed by atoms with Gasteiger partial charge in [0.1, 0.15) is 5.82 Å². The second-order valence-electron chi connectivity index (χ2n) is 7.74. The molecule has 4 rings (SSSR count). The van der Waals surface area contributed by atoms with E-state index in [0.717, 1.165) is 17.2 Å². The lowest BCUT2D eigenvalue weighted by molar-refractivity contribution is -0.128. The van der Waals surface area contributed by atoms with Crippen LogP contribution in [0.3, 0.4) is 0 Å². The Kier molecular flexibility index (Phi) is 5.48. The lowest BCUT2D eigenvalue weighted by atomic mass is 9.93. The smallest absolute Gasteiger partial charge is 0.261 e. The van der Waals surface area contributed by atoms with Crippen LogP contribution in [0.5, 0.6) is 0 Å². The number of aromatic nitrogens is 2. The van der Waals surface area contributed by atoms with Crippen molar-refractivity contribution in [2.45, 2.75) is 26.4 Å². The molecule has 0 aliphatic carbocycles. The highest BCUT2D eigenvalue weighted by Crippen LogP contribution is 2.27. The molecule has 1 aliphatic rings. The van der Waals surface area contributed by atoms with Gasteiger partial charge in [-0.05, 0) is 44.5 Å². The summed E-state index contributed by atoms with van der Waals surface area (Å²) in [7, 11) is 0. The van der Waals surface area contributed by atoms with Crippen molar-refractivity contribution in [3.05, 3.63) is 76.3 Å². The molecule has 0 saturated carbocycles. The number of carbonyl (C=O) groups excluding carboxylic acids is 2. The summed E-state index contributed by atoms with van der Waals surface area (Å²) in [6, 6.07) is 9.42. The van der Waals surface area contributed by atoms with E-state index >= 15 is 0 Å². The first kappa shape index (κ1) is 21.6. The molecule has 1 N–H and O–H groups in total. The summed E-state index contributed by atoms with van der Waals surface area (Å²) < 4.78 is 14.0. The molecule has 2 aromatic carbocycles. The zero-order valence-electron chi connectivity index (χ0n) is 17.4. The van der Waals surface area contributed by atoms with Crippen LogP contribution in [0.4, 0.5) is 10.2 Å². The Labute approximate surface area is 188 Å². The van der Waals surface area contributed by atoms with E-state index in [9.17, 15) is 14.0 Å². The highest BCUT2D eigenvalue weighted by atomic mass is 35.5. The topological polar surface area (TPSA) is 93.5 Å². The normalized spacial score (nSPS) is 14.7. The number of aryl methyl sites for hydroxylation is 1. The van der Waals surface area contributed by atoms with E-state index < -0.39 is 17.3 Å². The minimum absolute atomic E-state index is 0.00366. The van der Waals surface area contributed by atoms with Crippen LogP contribution in [0.25, 0.3) is 11.3 Å². The van der Waals surface area contributed by atoms with Crippen LogP contribution >= 0.6 is 11.6 Å². The highest BCUT2D eigenvalue weighted by molar-refractivity contribution is 6.49. The predicted octanol–water partition coefficient (Wildman–Crippen LogP) is 4.58. The summed E-state index contributed by atoms with van der Waals surface area (Å²) in [5.74, 6) is -1.53. The summed E-state index contributed by atoms with van der Waals surface area (Å²) in [5.41, 5.74) is 1.76. The number of oxime groups is 1. The number of anilines is 1. The molecule has 0 spiro atoms. The summed E-state index contributed by atoms with van der Waals surface area (Å²) in [4.78, 5) is 38.7. The van der Waals surface area contributed by atoms with Crippen molar-refractivity contribution in [2.75, 3.05) is 5.32 Å². The first-order chi connectivity index (χ1) is 15.2.